The summed E-state index contributed by atoms with van der Waals surface area (Å²) >= 11 is 0. The van der Waals surface area contributed by atoms with E-state index in [-0.39, 0.29) is 11.8 Å². The van der Waals surface area contributed by atoms with Gasteiger partial charge in [-0.3, -0.25) is 9.59 Å². The van der Waals surface area contributed by atoms with Crippen molar-refractivity contribution in [2.45, 2.75) is 12.8 Å². The second-order valence-electron chi connectivity index (χ2n) is 7.33. The van der Waals surface area contributed by atoms with Crippen LogP contribution in [0.3, 0.4) is 0 Å². The molecule has 0 spiro atoms. The topological polar surface area (TPSA) is 45.6 Å². The Bertz CT molecular complexity index is 950. The van der Waals surface area contributed by atoms with Gasteiger partial charge in [-0.15, -0.1) is 0 Å². The summed E-state index contributed by atoms with van der Waals surface area (Å²) in [5.74, 6) is 0.156. The Hall–Kier alpha value is -3.34. The lowest BCUT2D eigenvalue weighted by Gasteiger charge is -2.22. The standard InChI is InChI=1S/C24H25N3O2/c28-23(19-20-7-2-1-3-8-20)26-15-6-16-27(18-17-26)24(29)21-9-11-22(12-10-21)25-13-4-5-14-25/h1-5,7-14H,6,15-19H2. The SMILES string of the molecule is O=C(Cc1ccccc1)N1CCCN(C(=O)c2ccc(-n3cccc3)cc2)CC1. The molecule has 2 heterocycles. The maximum Gasteiger partial charge on any atom is 0.253 e. The third-order valence-electron chi connectivity index (χ3n) is 5.35. The van der Waals surface area contributed by atoms with Gasteiger partial charge < -0.3 is 14.4 Å². The van der Waals surface area contributed by atoms with Crippen LogP contribution in [0.1, 0.15) is 22.3 Å². The van der Waals surface area contributed by atoms with E-state index >= 15 is 0 Å². The lowest BCUT2D eigenvalue weighted by Crippen LogP contribution is -2.38. The van der Waals surface area contributed by atoms with Gasteiger partial charge in [0.05, 0.1) is 6.42 Å². The van der Waals surface area contributed by atoms with Crippen LogP contribution in [0.2, 0.25) is 0 Å². The van der Waals surface area contributed by atoms with Crippen molar-refractivity contribution in [1.82, 2.24) is 14.4 Å². The number of hydrogen-bond acceptors (Lipinski definition) is 2. The zero-order valence-corrected chi connectivity index (χ0v) is 16.4. The van der Waals surface area contributed by atoms with E-state index in [0.29, 0.717) is 38.2 Å². The fourth-order valence-electron chi connectivity index (χ4n) is 3.72. The molecule has 3 aromatic rings. The fraction of sp³-hybridized carbons (Fsp3) is 0.250. The highest BCUT2D eigenvalue weighted by Gasteiger charge is 2.22. The Balaban J connectivity index is 1.36. The second kappa shape index (κ2) is 8.78. The van der Waals surface area contributed by atoms with Crippen molar-refractivity contribution < 1.29 is 9.59 Å². The molecule has 0 aliphatic carbocycles. The van der Waals surface area contributed by atoms with Crippen molar-refractivity contribution >= 4 is 11.8 Å². The molecule has 4 rings (SSSR count). The number of amides is 2. The lowest BCUT2D eigenvalue weighted by atomic mass is 10.1. The van der Waals surface area contributed by atoms with Gasteiger partial charge in [-0.1, -0.05) is 30.3 Å². The van der Waals surface area contributed by atoms with Crippen LogP contribution >= 0.6 is 0 Å². The highest BCUT2D eigenvalue weighted by atomic mass is 16.2. The van der Waals surface area contributed by atoms with Gasteiger partial charge in [0.15, 0.2) is 0 Å². The number of carbonyl (C=O) groups is 2. The van der Waals surface area contributed by atoms with Crippen molar-refractivity contribution in [3.63, 3.8) is 0 Å². The summed E-state index contributed by atoms with van der Waals surface area (Å²) in [4.78, 5) is 29.3. The van der Waals surface area contributed by atoms with E-state index in [9.17, 15) is 9.59 Å². The minimum absolute atomic E-state index is 0.0291. The summed E-state index contributed by atoms with van der Waals surface area (Å²) in [5.41, 5.74) is 2.74. The van der Waals surface area contributed by atoms with Gasteiger partial charge in [0.25, 0.3) is 5.91 Å². The molecule has 1 aliphatic heterocycles. The van der Waals surface area contributed by atoms with Crippen LogP contribution in [0, 0.1) is 0 Å². The summed E-state index contributed by atoms with van der Waals surface area (Å²) in [5, 5.41) is 0. The third-order valence-corrected chi connectivity index (χ3v) is 5.35. The molecular weight excluding hydrogens is 362 g/mol. The minimum atomic E-state index is 0.0291. The van der Waals surface area contributed by atoms with E-state index in [2.05, 4.69) is 0 Å². The molecule has 0 bridgehead atoms. The van der Waals surface area contributed by atoms with E-state index in [4.69, 9.17) is 0 Å². The maximum absolute atomic E-state index is 12.9. The van der Waals surface area contributed by atoms with Crippen LogP contribution in [0.5, 0.6) is 0 Å². The van der Waals surface area contributed by atoms with Gasteiger partial charge in [0.1, 0.15) is 0 Å². The summed E-state index contributed by atoms with van der Waals surface area (Å²) in [7, 11) is 0. The Morgan fingerprint density at radius 3 is 2.10 bits per heavy atom. The lowest BCUT2D eigenvalue weighted by molar-refractivity contribution is -0.130. The predicted octanol–water partition coefficient (Wildman–Crippen LogP) is 3.39. The first kappa shape index (κ1) is 19.0. The Morgan fingerprint density at radius 2 is 1.38 bits per heavy atom. The highest BCUT2D eigenvalue weighted by molar-refractivity contribution is 5.94. The van der Waals surface area contributed by atoms with Gasteiger partial charge in [-0.25, -0.2) is 0 Å². The monoisotopic (exact) mass is 387 g/mol. The van der Waals surface area contributed by atoms with E-state index in [1.165, 1.54) is 0 Å². The normalized spacial score (nSPS) is 14.5. The first-order valence-corrected chi connectivity index (χ1v) is 10.0. The van der Waals surface area contributed by atoms with E-state index in [1.54, 1.807) is 0 Å². The molecule has 148 valence electrons. The smallest absolute Gasteiger partial charge is 0.253 e. The van der Waals surface area contributed by atoms with Gasteiger partial charge in [0, 0.05) is 49.8 Å². The largest absolute Gasteiger partial charge is 0.341 e. The Morgan fingerprint density at radius 1 is 0.724 bits per heavy atom. The van der Waals surface area contributed by atoms with Crippen molar-refractivity contribution in [3.8, 4) is 5.69 Å². The van der Waals surface area contributed by atoms with Crippen molar-refractivity contribution in [2.75, 3.05) is 26.2 Å². The second-order valence-corrected chi connectivity index (χ2v) is 7.33. The number of hydrogen-bond donors (Lipinski definition) is 0. The average Bonchev–Trinajstić information content (AvgIpc) is 3.18. The highest BCUT2D eigenvalue weighted by Crippen LogP contribution is 2.14. The summed E-state index contributed by atoms with van der Waals surface area (Å²) in [6, 6.07) is 21.4. The molecule has 2 aromatic carbocycles. The predicted molar refractivity (Wildman–Crippen MR) is 113 cm³/mol. The zero-order valence-electron chi connectivity index (χ0n) is 16.4. The van der Waals surface area contributed by atoms with Gasteiger partial charge in [-0.2, -0.15) is 0 Å². The molecule has 29 heavy (non-hydrogen) atoms. The minimum Gasteiger partial charge on any atom is -0.341 e. The molecule has 2 amide bonds. The molecule has 1 saturated heterocycles. The molecule has 5 heteroatoms. The number of benzene rings is 2. The molecular formula is C24H25N3O2. The summed E-state index contributed by atoms with van der Waals surface area (Å²) in [6.45, 7) is 2.52. The molecule has 0 unspecified atom stereocenters. The van der Waals surface area contributed by atoms with Crippen molar-refractivity contribution in [3.05, 3.63) is 90.3 Å². The summed E-state index contributed by atoms with van der Waals surface area (Å²) < 4.78 is 2.01. The number of nitrogens with zero attached hydrogens (tertiary/aromatic N) is 3. The molecule has 0 radical (unpaired) electrons. The quantitative estimate of drug-likeness (QED) is 0.689. The summed E-state index contributed by atoms with van der Waals surface area (Å²) in [6.07, 6.45) is 5.17. The average molecular weight is 387 g/mol. The number of carbonyl (C=O) groups excluding carboxylic acids is 2. The maximum atomic E-state index is 12.9. The molecule has 1 fully saturated rings. The van der Waals surface area contributed by atoms with Crippen LogP contribution in [0.25, 0.3) is 5.69 Å². The van der Waals surface area contributed by atoms with Crippen LogP contribution in [-0.4, -0.2) is 52.4 Å². The van der Waals surface area contributed by atoms with E-state index < -0.39 is 0 Å². The van der Waals surface area contributed by atoms with Crippen LogP contribution < -0.4 is 0 Å². The number of rotatable bonds is 4. The van der Waals surface area contributed by atoms with Gasteiger partial charge in [0.2, 0.25) is 5.91 Å². The first-order valence-electron chi connectivity index (χ1n) is 10.0. The molecule has 0 atom stereocenters. The number of aromatic nitrogens is 1. The van der Waals surface area contributed by atoms with Crippen molar-refractivity contribution in [2.24, 2.45) is 0 Å². The Labute approximate surface area is 171 Å². The molecule has 1 aliphatic rings. The molecule has 1 aromatic heterocycles. The zero-order chi connectivity index (χ0) is 20.1. The van der Waals surface area contributed by atoms with Gasteiger partial charge >= 0.3 is 0 Å². The first-order chi connectivity index (χ1) is 14.2. The van der Waals surface area contributed by atoms with Crippen molar-refractivity contribution in [1.29, 1.82) is 0 Å². The molecule has 0 N–H and O–H groups in total. The molecule has 5 nitrogen and oxygen atoms in total. The van der Waals surface area contributed by atoms with Crippen LogP contribution in [-0.2, 0) is 11.2 Å². The van der Waals surface area contributed by atoms with Crippen LogP contribution in [0.15, 0.2) is 79.1 Å². The van der Waals surface area contributed by atoms with E-state index in [1.807, 2.05) is 93.5 Å². The fourth-order valence-corrected chi connectivity index (χ4v) is 3.72. The van der Waals surface area contributed by atoms with Gasteiger partial charge in [-0.05, 0) is 48.4 Å². The van der Waals surface area contributed by atoms with E-state index in [0.717, 1.165) is 17.7 Å². The Kier molecular flexibility index (Phi) is 5.75. The third kappa shape index (κ3) is 4.57. The van der Waals surface area contributed by atoms with Crippen LogP contribution in [0.4, 0.5) is 0 Å². The molecule has 0 saturated carbocycles.